The molecule has 104 valence electrons. The third-order valence-electron chi connectivity index (χ3n) is 3.47. The highest BCUT2D eigenvalue weighted by Crippen LogP contribution is 2.27. The molecule has 1 aromatic rings. The fraction of sp³-hybridized carbons (Fsp3) is 0.500. The SMILES string of the molecule is COc1cc(NC(=O)C2NCCCC2C)ccc1Cl. The fourth-order valence-corrected chi connectivity index (χ4v) is 2.55. The molecule has 5 heteroatoms. The molecule has 4 nitrogen and oxygen atoms in total. The second-order valence-corrected chi connectivity index (χ2v) is 5.30. The monoisotopic (exact) mass is 282 g/mol. The van der Waals surface area contributed by atoms with E-state index in [1.54, 1.807) is 25.3 Å². The zero-order valence-electron chi connectivity index (χ0n) is 11.2. The second-order valence-electron chi connectivity index (χ2n) is 4.89. The Balaban J connectivity index is 2.05. The van der Waals surface area contributed by atoms with Gasteiger partial charge in [0.1, 0.15) is 5.75 Å². The lowest BCUT2D eigenvalue weighted by Gasteiger charge is -2.28. The van der Waals surface area contributed by atoms with E-state index < -0.39 is 0 Å². The molecular formula is C14H19ClN2O2. The van der Waals surface area contributed by atoms with Crippen LogP contribution in [0.3, 0.4) is 0 Å². The summed E-state index contributed by atoms with van der Waals surface area (Å²) in [6, 6.07) is 5.09. The number of benzene rings is 1. The normalized spacial score (nSPS) is 22.9. The van der Waals surface area contributed by atoms with E-state index >= 15 is 0 Å². The minimum absolute atomic E-state index is 0.00317. The standard InChI is InChI=1S/C14H19ClN2O2/c1-9-4-3-7-16-13(9)14(18)17-10-5-6-11(15)12(8-10)19-2/h5-6,8-9,13,16H,3-4,7H2,1-2H3,(H,17,18). The second kappa shape index (κ2) is 6.26. The summed E-state index contributed by atoms with van der Waals surface area (Å²) in [6.45, 7) is 2.99. The van der Waals surface area contributed by atoms with Crippen LogP contribution in [0.15, 0.2) is 18.2 Å². The van der Waals surface area contributed by atoms with Crippen molar-refractivity contribution in [3.63, 3.8) is 0 Å². The van der Waals surface area contributed by atoms with E-state index in [9.17, 15) is 4.79 Å². The number of nitrogens with one attached hydrogen (secondary N) is 2. The number of ether oxygens (including phenoxy) is 1. The summed E-state index contributed by atoms with van der Waals surface area (Å²) in [7, 11) is 1.55. The van der Waals surface area contributed by atoms with Gasteiger partial charge in [0.05, 0.1) is 18.2 Å². The third-order valence-corrected chi connectivity index (χ3v) is 3.78. The molecule has 2 atom stereocenters. The zero-order valence-corrected chi connectivity index (χ0v) is 12.0. The molecule has 0 aromatic heterocycles. The smallest absolute Gasteiger partial charge is 0.241 e. The first-order valence-electron chi connectivity index (χ1n) is 6.49. The zero-order chi connectivity index (χ0) is 13.8. The molecule has 2 N–H and O–H groups in total. The van der Waals surface area contributed by atoms with Crippen molar-refractivity contribution in [2.24, 2.45) is 5.92 Å². The molecule has 2 rings (SSSR count). The first-order chi connectivity index (χ1) is 9.11. The first kappa shape index (κ1) is 14.2. The number of rotatable bonds is 3. The lowest BCUT2D eigenvalue weighted by Crippen LogP contribution is -2.48. The van der Waals surface area contributed by atoms with Crippen molar-refractivity contribution in [2.45, 2.75) is 25.8 Å². The Kier molecular flexibility index (Phi) is 4.66. The molecule has 1 heterocycles. The Bertz CT molecular complexity index is 465. The maximum Gasteiger partial charge on any atom is 0.241 e. The van der Waals surface area contributed by atoms with Gasteiger partial charge < -0.3 is 15.4 Å². The summed E-state index contributed by atoms with van der Waals surface area (Å²) in [5.74, 6) is 0.906. The van der Waals surface area contributed by atoms with E-state index in [-0.39, 0.29) is 11.9 Å². The molecule has 1 fully saturated rings. The van der Waals surface area contributed by atoms with Gasteiger partial charge in [0.15, 0.2) is 0 Å². The van der Waals surface area contributed by atoms with Crippen molar-refractivity contribution in [1.82, 2.24) is 5.32 Å². The number of carbonyl (C=O) groups excluding carboxylic acids is 1. The number of piperidine rings is 1. The van der Waals surface area contributed by atoms with E-state index in [1.807, 2.05) is 0 Å². The van der Waals surface area contributed by atoms with Crippen LogP contribution >= 0.6 is 11.6 Å². The molecule has 1 aromatic carbocycles. The van der Waals surface area contributed by atoms with Gasteiger partial charge in [-0.1, -0.05) is 18.5 Å². The van der Waals surface area contributed by atoms with Crippen LogP contribution in [0.1, 0.15) is 19.8 Å². The van der Waals surface area contributed by atoms with Gasteiger partial charge in [-0.3, -0.25) is 4.79 Å². The van der Waals surface area contributed by atoms with Crippen molar-refractivity contribution in [1.29, 1.82) is 0 Å². The number of amides is 1. The fourth-order valence-electron chi connectivity index (χ4n) is 2.36. The van der Waals surface area contributed by atoms with E-state index in [1.165, 1.54) is 0 Å². The Hall–Kier alpha value is -1.26. The van der Waals surface area contributed by atoms with Crippen molar-refractivity contribution >= 4 is 23.2 Å². The van der Waals surface area contributed by atoms with Gasteiger partial charge in [0, 0.05) is 11.8 Å². The topological polar surface area (TPSA) is 50.4 Å². The maximum atomic E-state index is 12.2. The summed E-state index contributed by atoms with van der Waals surface area (Å²) in [5, 5.41) is 6.70. The molecule has 0 spiro atoms. The molecule has 2 unspecified atom stereocenters. The molecule has 0 radical (unpaired) electrons. The van der Waals surface area contributed by atoms with Crippen molar-refractivity contribution in [2.75, 3.05) is 19.0 Å². The Labute approximate surface area is 118 Å². The number of hydrogen-bond acceptors (Lipinski definition) is 3. The summed E-state index contributed by atoms with van der Waals surface area (Å²) in [6.07, 6.45) is 2.20. The molecule has 0 saturated carbocycles. The first-order valence-corrected chi connectivity index (χ1v) is 6.87. The number of anilines is 1. The summed E-state index contributed by atoms with van der Waals surface area (Å²) >= 11 is 5.95. The molecule has 1 aliphatic heterocycles. The number of halogens is 1. The van der Waals surface area contributed by atoms with E-state index in [0.717, 1.165) is 19.4 Å². The van der Waals surface area contributed by atoms with Crippen LogP contribution in [0.5, 0.6) is 5.75 Å². The van der Waals surface area contributed by atoms with Crippen LogP contribution in [0.25, 0.3) is 0 Å². The van der Waals surface area contributed by atoms with Crippen LogP contribution in [-0.4, -0.2) is 25.6 Å². The number of hydrogen-bond donors (Lipinski definition) is 2. The Morgan fingerprint density at radius 3 is 3.00 bits per heavy atom. The molecule has 1 amide bonds. The number of methoxy groups -OCH3 is 1. The lowest BCUT2D eigenvalue weighted by atomic mass is 9.92. The Morgan fingerprint density at radius 1 is 1.53 bits per heavy atom. The molecule has 1 saturated heterocycles. The van der Waals surface area contributed by atoms with Gasteiger partial charge >= 0.3 is 0 Å². The highest BCUT2D eigenvalue weighted by atomic mass is 35.5. The van der Waals surface area contributed by atoms with Gasteiger partial charge in [-0.25, -0.2) is 0 Å². The van der Waals surface area contributed by atoms with Gasteiger partial charge in [-0.15, -0.1) is 0 Å². The predicted octanol–water partition coefficient (Wildman–Crippen LogP) is 2.68. The maximum absolute atomic E-state index is 12.2. The minimum atomic E-state index is -0.129. The van der Waals surface area contributed by atoms with E-state index in [0.29, 0.717) is 22.4 Å². The number of carbonyl (C=O) groups is 1. The summed E-state index contributed by atoms with van der Waals surface area (Å²) < 4.78 is 5.13. The summed E-state index contributed by atoms with van der Waals surface area (Å²) in [5.41, 5.74) is 0.700. The van der Waals surface area contributed by atoms with Gasteiger partial charge in [0.2, 0.25) is 5.91 Å². The van der Waals surface area contributed by atoms with Crippen molar-refractivity contribution in [3.8, 4) is 5.75 Å². The van der Waals surface area contributed by atoms with Gasteiger partial charge in [-0.2, -0.15) is 0 Å². The largest absolute Gasteiger partial charge is 0.495 e. The Morgan fingerprint density at radius 2 is 2.32 bits per heavy atom. The van der Waals surface area contributed by atoms with Crippen molar-refractivity contribution in [3.05, 3.63) is 23.2 Å². The van der Waals surface area contributed by atoms with Crippen LogP contribution in [-0.2, 0) is 4.79 Å². The quantitative estimate of drug-likeness (QED) is 0.896. The molecule has 0 aliphatic carbocycles. The molecule has 0 bridgehead atoms. The van der Waals surface area contributed by atoms with Crippen LogP contribution in [0.4, 0.5) is 5.69 Å². The van der Waals surface area contributed by atoms with Gasteiger partial charge in [-0.05, 0) is 37.4 Å². The predicted molar refractivity (Wildman–Crippen MR) is 76.8 cm³/mol. The van der Waals surface area contributed by atoms with E-state index in [4.69, 9.17) is 16.3 Å². The summed E-state index contributed by atoms with van der Waals surface area (Å²) in [4.78, 5) is 12.2. The average molecular weight is 283 g/mol. The van der Waals surface area contributed by atoms with Crippen LogP contribution in [0.2, 0.25) is 5.02 Å². The van der Waals surface area contributed by atoms with Crippen molar-refractivity contribution < 1.29 is 9.53 Å². The molecule has 19 heavy (non-hydrogen) atoms. The minimum Gasteiger partial charge on any atom is -0.495 e. The van der Waals surface area contributed by atoms with Gasteiger partial charge in [0.25, 0.3) is 0 Å². The molecule has 1 aliphatic rings. The lowest BCUT2D eigenvalue weighted by molar-refractivity contribution is -0.119. The average Bonchev–Trinajstić information content (AvgIpc) is 2.41. The van der Waals surface area contributed by atoms with Crippen LogP contribution in [0, 0.1) is 5.92 Å². The third kappa shape index (κ3) is 3.39. The highest BCUT2D eigenvalue weighted by Gasteiger charge is 2.27. The van der Waals surface area contributed by atoms with E-state index in [2.05, 4.69) is 17.6 Å². The van der Waals surface area contributed by atoms with Crippen LogP contribution < -0.4 is 15.4 Å². The highest BCUT2D eigenvalue weighted by molar-refractivity contribution is 6.32. The molecular weight excluding hydrogens is 264 g/mol.